The average Bonchev–Trinajstić information content (AvgIpc) is 2.72. The van der Waals surface area contributed by atoms with Gasteiger partial charge in [0.15, 0.2) is 5.96 Å². The lowest BCUT2D eigenvalue weighted by Crippen LogP contribution is -2.47. The third-order valence-electron chi connectivity index (χ3n) is 4.94. The highest BCUT2D eigenvalue weighted by Crippen LogP contribution is 2.20. The van der Waals surface area contributed by atoms with Crippen molar-refractivity contribution in [1.82, 2.24) is 15.2 Å². The zero-order valence-electron chi connectivity index (χ0n) is 16.5. The van der Waals surface area contributed by atoms with Gasteiger partial charge >= 0.3 is 0 Å². The van der Waals surface area contributed by atoms with Gasteiger partial charge in [0.25, 0.3) is 0 Å². The molecule has 1 amide bonds. The molecular formula is C22H29N5O. The van der Waals surface area contributed by atoms with Crippen LogP contribution in [0.1, 0.15) is 31.7 Å². The number of aromatic nitrogens is 1. The van der Waals surface area contributed by atoms with Crippen molar-refractivity contribution < 1.29 is 4.79 Å². The summed E-state index contributed by atoms with van der Waals surface area (Å²) in [5.74, 6) is 0.989. The van der Waals surface area contributed by atoms with Crippen molar-refractivity contribution in [1.29, 1.82) is 0 Å². The van der Waals surface area contributed by atoms with Gasteiger partial charge in [0.05, 0.1) is 12.2 Å². The van der Waals surface area contributed by atoms with Crippen LogP contribution in [0, 0.1) is 5.92 Å². The number of carbonyl (C=O) groups excluding carboxylic acids is 1. The molecule has 148 valence electrons. The molecule has 1 fully saturated rings. The first-order valence-corrected chi connectivity index (χ1v) is 9.97. The van der Waals surface area contributed by atoms with Crippen LogP contribution in [-0.4, -0.2) is 41.4 Å². The zero-order valence-corrected chi connectivity index (χ0v) is 16.5. The van der Waals surface area contributed by atoms with Crippen LogP contribution in [0.15, 0.2) is 53.7 Å². The van der Waals surface area contributed by atoms with Crippen molar-refractivity contribution in [2.45, 2.75) is 32.7 Å². The van der Waals surface area contributed by atoms with Crippen molar-refractivity contribution in [3.05, 3.63) is 54.2 Å². The lowest BCUT2D eigenvalue weighted by molar-refractivity contribution is -0.119. The van der Waals surface area contributed by atoms with Gasteiger partial charge in [0.2, 0.25) is 5.91 Å². The molecule has 2 heterocycles. The third-order valence-corrected chi connectivity index (χ3v) is 4.94. The molecule has 0 bridgehead atoms. The molecule has 0 saturated carbocycles. The number of aliphatic imine (C=N–C) groups is 1. The minimum atomic E-state index is -0.222. The van der Waals surface area contributed by atoms with E-state index in [0.717, 1.165) is 55.3 Å². The summed E-state index contributed by atoms with van der Waals surface area (Å²) in [5, 5.41) is 3.39. The van der Waals surface area contributed by atoms with E-state index in [-0.39, 0.29) is 5.91 Å². The molecule has 1 aliphatic rings. The standard InChI is InChI=1S/C22H29N5O/c1-2-24-22(27-12-6-8-18(16-27)14-21(23)28)26-15-17-7-5-9-19(13-17)20-10-3-4-11-25-20/h3-5,7,9-11,13,18H,2,6,8,12,14-16H2,1H3,(H2,23,28)(H,24,26). The molecule has 2 aromatic rings. The number of pyridine rings is 1. The van der Waals surface area contributed by atoms with Crippen LogP contribution in [-0.2, 0) is 11.3 Å². The molecule has 0 spiro atoms. The summed E-state index contributed by atoms with van der Waals surface area (Å²) >= 11 is 0. The Morgan fingerprint density at radius 2 is 2.21 bits per heavy atom. The Bertz CT molecular complexity index is 806. The minimum Gasteiger partial charge on any atom is -0.370 e. The summed E-state index contributed by atoms with van der Waals surface area (Å²) in [6.07, 6.45) is 4.35. The highest BCUT2D eigenvalue weighted by molar-refractivity contribution is 5.80. The Balaban J connectivity index is 1.71. The van der Waals surface area contributed by atoms with E-state index in [1.165, 1.54) is 0 Å². The van der Waals surface area contributed by atoms with Crippen molar-refractivity contribution in [3.63, 3.8) is 0 Å². The van der Waals surface area contributed by atoms with Crippen LogP contribution in [0.5, 0.6) is 0 Å². The topological polar surface area (TPSA) is 83.6 Å². The van der Waals surface area contributed by atoms with E-state index in [9.17, 15) is 4.79 Å². The summed E-state index contributed by atoms with van der Waals surface area (Å²) in [7, 11) is 0. The molecule has 1 unspecified atom stereocenters. The van der Waals surface area contributed by atoms with Crippen LogP contribution in [0.4, 0.5) is 0 Å². The van der Waals surface area contributed by atoms with Gasteiger partial charge in [-0.15, -0.1) is 0 Å². The predicted molar refractivity (Wildman–Crippen MR) is 113 cm³/mol. The second-order valence-electron chi connectivity index (χ2n) is 7.21. The first-order chi connectivity index (χ1) is 13.7. The zero-order chi connectivity index (χ0) is 19.8. The molecule has 6 heteroatoms. The number of primary amides is 1. The fourth-order valence-electron chi connectivity index (χ4n) is 3.66. The van der Waals surface area contributed by atoms with E-state index in [1.807, 2.05) is 30.5 Å². The Morgan fingerprint density at radius 1 is 1.32 bits per heavy atom. The SMILES string of the molecule is CCNC(=NCc1cccc(-c2ccccn2)c1)N1CCCC(CC(N)=O)C1. The van der Waals surface area contributed by atoms with E-state index < -0.39 is 0 Å². The van der Waals surface area contributed by atoms with Crippen molar-refractivity contribution >= 4 is 11.9 Å². The summed E-state index contributed by atoms with van der Waals surface area (Å²) in [6.45, 7) is 5.25. The number of amides is 1. The molecule has 1 saturated heterocycles. The third kappa shape index (κ3) is 5.55. The molecule has 28 heavy (non-hydrogen) atoms. The molecule has 1 atom stereocenters. The monoisotopic (exact) mass is 379 g/mol. The van der Waals surface area contributed by atoms with Gasteiger partial charge in [0, 0.05) is 37.8 Å². The number of nitrogens with zero attached hydrogens (tertiary/aromatic N) is 3. The van der Waals surface area contributed by atoms with Gasteiger partial charge in [0.1, 0.15) is 0 Å². The van der Waals surface area contributed by atoms with Crippen molar-refractivity contribution in [2.75, 3.05) is 19.6 Å². The molecule has 1 aromatic carbocycles. The number of benzene rings is 1. The van der Waals surface area contributed by atoms with Gasteiger partial charge in [-0.25, -0.2) is 4.99 Å². The van der Waals surface area contributed by atoms with Crippen LogP contribution >= 0.6 is 0 Å². The number of carbonyl (C=O) groups is 1. The number of hydrogen-bond donors (Lipinski definition) is 2. The van der Waals surface area contributed by atoms with E-state index in [2.05, 4.69) is 40.3 Å². The molecule has 6 nitrogen and oxygen atoms in total. The van der Waals surface area contributed by atoms with Crippen molar-refractivity contribution in [3.8, 4) is 11.3 Å². The lowest BCUT2D eigenvalue weighted by Gasteiger charge is -2.34. The second kappa shape index (κ2) is 9.88. The summed E-state index contributed by atoms with van der Waals surface area (Å²) in [4.78, 5) is 22.8. The summed E-state index contributed by atoms with van der Waals surface area (Å²) in [5.41, 5.74) is 8.59. The van der Waals surface area contributed by atoms with Gasteiger partial charge in [-0.2, -0.15) is 0 Å². The normalized spacial score (nSPS) is 17.4. The summed E-state index contributed by atoms with van der Waals surface area (Å²) in [6, 6.07) is 14.3. The van der Waals surface area contributed by atoms with Crippen LogP contribution < -0.4 is 11.1 Å². The molecule has 1 aliphatic heterocycles. The average molecular weight is 380 g/mol. The molecule has 1 aromatic heterocycles. The molecule has 3 rings (SSSR count). The van der Waals surface area contributed by atoms with Crippen LogP contribution in [0.3, 0.4) is 0 Å². The molecule has 0 radical (unpaired) electrons. The van der Waals surface area contributed by atoms with Crippen LogP contribution in [0.2, 0.25) is 0 Å². The Kier molecular flexibility index (Phi) is 7.00. The Morgan fingerprint density at radius 3 is 2.96 bits per heavy atom. The summed E-state index contributed by atoms with van der Waals surface area (Å²) < 4.78 is 0. The quantitative estimate of drug-likeness (QED) is 0.597. The number of nitrogens with two attached hydrogens (primary N) is 1. The van der Waals surface area contributed by atoms with Gasteiger partial charge in [-0.05, 0) is 49.4 Å². The van der Waals surface area contributed by atoms with Gasteiger partial charge in [-0.1, -0.05) is 24.3 Å². The lowest BCUT2D eigenvalue weighted by atomic mass is 9.95. The van der Waals surface area contributed by atoms with E-state index >= 15 is 0 Å². The first kappa shape index (κ1) is 19.9. The van der Waals surface area contributed by atoms with E-state index in [4.69, 9.17) is 10.7 Å². The number of rotatable bonds is 6. The van der Waals surface area contributed by atoms with Crippen molar-refractivity contribution in [2.24, 2.45) is 16.6 Å². The van der Waals surface area contributed by atoms with Crippen LogP contribution in [0.25, 0.3) is 11.3 Å². The maximum Gasteiger partial charge on any atom is 0.217 e. The Labute approximate surface area is 166 Å². The van der Waals surface area contributed by atoms with E-state index in [1.54, 1.807) is 0 Å². The highest BCUT2D eigenvalue weighted by Gasteiger charge is 2.23. The Hall–Kier alpha value is -2.89. The van der Waals surface area contributed by atoms with Gasteiger partial charge < -0.3 is 16.0 Å². The predicted octanol–water partition coefficient (Wildman–Crippen LogP) is 2.80. The minimum absolute atomic E-state index is 0.222. The number of piperidine rings is 1. The molecular weight excluding hydrogens is 350 g/mol. The number of hydrogen-bond acceptors (Lipinski definition) is 3. The smallest absolute Gasteiger partial charge is 0.217 e. The van der Waals surface area contributed by atoms with Gasteiger partial charge in [-0.3, -0.25) is 9.78 Å². The fourth-order valence-corrected chi connectivity index (χ4v) is 3.66. The molecule has 0 aliphatic carbocycles. The molecule has 3 N–H and O–H groups in total. The fraction of sp³-hybridized carbons (Fsp3) is 0.409. The maximum absolute atomic E-state index is 11.3. The maximum atomic E-state index is 11.3. The largest absolute Gasteiger partial charge is 0.370 e. The highest BCUT2D eigenvalue weighted by atomic mass is 16.1. The van der Waals surface area contributed by atoms with E-state index in [0.29, 0.717) is 18.9 Å². The first-order valence-electron chi connectivity index (χ1n) is 9.97. The number of guanidine groups is 1. The second-order valence-corrected chi connectivity index (χ2v) is 7.21. The number of nitrogens with one attached hydrogen (secondary N) is 1. The number of likely N-dealkylation sites (tertiary alicyclic amines) is 1.